The van der Waals surface area contributed by atoms with Gasteiger partial charge in [0.15, 0.2) is 0 Å². The number of hydrogen-bond acceptors (Lipinski definition) is 4. The largest absolute Gasteiger partial charge is 0.480 e. The number of rotatable bonds is 5. The Morgan fingerprint density at radius 3 is 2.35 bits per heavy atom. The first-order valence-electron chi connectivity index (χ1n) is 6.19. The van der Waals surface area contributed by atoms with E-state index < -0.39 is 12.0 Å². The van der Waals surface area contributed by atoms with Crippen LogP contribution < -0.4 is 5.73 Å². The van der Waals surface area contributed by atoms with Crippen LogP contribution in [0, 0.1) is 5.41 Å². The van der Waals surface area contributed by atoms with Gasteiger partial charge in [-0.05, 0) is 18.9 Å². The molecule has 1 heterocycles. The summed E-state index contributed by atoms with van der Waals surface area (Å²) in [5.74, 6) is -0.906. The van der Waals surface area contributed by atoms with E-state index in [9.17, 15) is 4.79 Å². The molecule has 0 aliphatic carbocycles. The molecule has 1 rings (SSSR count). The fraction of sp³-hybridized carbons (Fsp3) is 0.917. The van der Waals surface area contributed by atoms with Crippen molar-refractivity contribution in [3.05, 3.63) is 0 Å². The molecule has 0 spiro atoms. The molecule has 3 N–H and O–H groups in total. The van der Waals surface area contributed by atoms with Crippen LogP contribution in [0.5, 0.6) is 0 Å². The summed E-state index contributed by atoms with van der Waals surface area (Å²) < 4.78 is 0. The lowest BCUT2D eigenvalue weighted by molar-refractivity contribution is -0.139. The van der Waals surface area contributed by atoms with Crippen LogP contribution in [-0.4, -0.2) is 66.7 Å². The SMILES string of the molecule is CN1CCN(CC(C)(C)CC(N)C(=O)O)CC1. The van der Waals surface area contributed by atoms with E-state index in [4.69, 9.17) is 10.8 Å². The summed E-state index contributed by atoms with van der Waals surface area (Å²) in [5, 5.41) is 8.84. The molecule has 1 aliphatic heterocycles. The molecule has 0 saturated carbocycles. The van der Waals surface area contributed by atoms with Gasteiger partial charge in [-0.1, -0.05) is 13.8 Å². The number of likely N-dealkylation sites (N-methyl/N-ethyl adjacent to an activating group) is 1. The maximum Gasteiger partial charge on any atom is 0.320 e. The van der Waals surface area contributed by atoms with Gasteiger partial charge in [0.05, 0.1) is 0 Å². The van der Waals surface area contributed by atoms with Crippen molar-refractivity contribution >= 4 is 5.97 Å². The summed E-state index contributed by atoms with van der Waals surface area (Å²) in [5.41, 5.74) is 5.56. The van der Waals surface area contributed by atoms with E-state index in [-0.39, 0.29) is 5.41 Å². The molecule has 100 valence electrons. The van der Waals surface area contributed by atoms with Crippen molar-refractivity contribution in [2.45, 2.75) is 26.3 Å². The van der Waals surface area contributed by atoms with Crippen LogP contribution in [0.4, 0.5) is 0 Å². The van der Waals surface area contributed by atoms with E-state index in [0.717, 1.165) is 32.7 Å². The van der Waals surface area contributed by atoms with Crippen molar-refractivity contribution in [1.82, 2.24) is 9.80 Å². The van der Waals surface area contributed by atoms with E-state index in [1.807, 2.05) is 0 Å². The molecule has 17 heavy (non-hydrogen) atoms. The van der Waals surface area contributed by atoms with Gasteiger partial charge >= 0.3 is 5.97 Å². The lowest BCUT2D eigenvalue weighted by Crippen LogP contribution is -2.48. The third-order valence-corrected chi connectivity index (χ3v) is 3.34. The number of nitrogens with zero attached hydrogens (tertiary/aromatic N) is 2. The van der Waals surface area contributed by atoms with Crippen molar-refractivity contribution in [3.8, 4) is 0 Å². The monoisotopic (exact) mass is 243 g/mol. The minimum atomic E-state index is -0.906. The molecule has 0 bridgehead atoms. The minimum Gasteiger partial charge on any atom is -0.480 e. The van der Waals surface area contributed by atoms with Gasteiger partial charge in [-0.2, -0.15) is 0 Å². The number of carboxylic acids is 1. The lowest BCUT2D eigenvalue weighted by atomic mass is 9.85. The molecular weight excluding hydrogens is 218 g/mol. The number of aliphatic carboxylic acids is 1. The Kier molecular flexibility index (Phi) is 4.91. The molecule has 0 aromatic rings. The van der Waals surface area contributed by atoms with E-state index in [1.54, 1.807) is 0 Å². The molecule has 0 amide bonds. The predicted molar refractivity (Wildman–Crippen MR) is 67.9 cm³/mol. The second-order valence-corrected chi connectivity index (χ2v) is 5.89. The maximum atomic E-state index is 10.8. The molecule has 5 nitrogen and oxygen atoms in total. The standard InChI is InChI=1S/C12H25N3O2/c1-12(2,8-10(13)11(16)17)9-15-6-4-14(3)5-7-15/h10H,4-9,13H2,1-3H3,(H,16,17). The highest BCUT2D eigenvalue weighted by molar-refractivity contribution is 5.73. The molecule has 0 aromatic carbocycles. The summed E-state index contributed by atoms with van der Waals surface area (Å²) in [6, 6.07) is -0.752. The number of nitrogens with two attached hydrogens (primary N) is 1. The van der Waals surface area contributed by atoms with E-state index in [0.29, 0.717) is 6.42 Å². The van der Waals surface area contributed by atoms with Crippen molar-refractivity contribution in [2.75, 3.05) is 39.8 Å². The molecule has 1 unspecified atom stereocenters. The van der Waals surface area contributed by atoms with E-state index in [2.05, 4.69) is 30.7 Å². The summed E-state index contributed by atoms with van der Waals surface area (Å²) >= 11 is 0. The second kappa shape index (κ2) is 5.80. The molecule has 1 saturated heterocycles. The topological polar surface area (TPSA) is 69.8 Å². The zero-order chi connectivity index (χ0) is 13.1. The normalized spacial score (nSPS) is 21.4. The molecule has 0 aromatic heterocycles. The molecular formula is C12H25N3O2. The highest BCUT2D eigenvalue weighted by Gasteiger charge is 2.28. The summed E-state index contributed by atoms with van der Waals surface area (Å²) in [4.78, 5) is 15.5. The Balaban J connectivity index is 2.40. The van der Waals surface area contributed by atoms with Crippen molar-refractivity contribution in [3.63, 3.8) is 0 Å². The van der Waals surface area contributed by atoms with Crippen LogP contribution in [0.2, 0.25) is 0 Å². The molecule has 0 radical (unpaired) electrons. The number of piperazine rings is 1. The quantitative estimate of drug-likeness (QED) is 0.714. The lowest BCUT2D eigenvalue weighted by Gasteiger charge is -2.38. The first-order valence-corrected chi connectivity index (χ1v) is 6.19. The number of carbonyl (C=O) groups is 1. The zero-order valence-electron chi connectivity index (χ0n) is 11.1. The molecule has 5 heteroatoms. The maximum absolute atomic E-state index is 10.8. The van der Waals surface area contributed by atoms with Gasteiger partial charge in [0.2, 0.25) is 0 Å². The Morgan fingerprint density at radius 1 is 1.35 bits per heavy atom. The highest BCUT2D eigenvalue weighted by Crippen LogP contribution is 2.23. The third-order valence-electron chi connectivity index (χ3n) is 3.34. The van der Waals surface area contributed by atoms with Gasteiger partial charge in [-0.3, -0.25) is 4.79 Å². The first kappa shape index (κ1) is 14.4. The smallest absolute Gasteiger partial charge is 0.320 e. The average Bonchev–Trinajstić information content (AvgIpc) is 2.20. The fourth-order valence-electron chi connectivity index (χ4n) is 2.36. The van der Waals surface area contributed by atoms with Gasteiger partial charge in [-0.25, -0.2) is 0 Å². The Hall–Kier alpha value is -0.650. The Morgan fingerprint density at radius 2 is 1.88 bits per heavy atom. The van der Waals surface area contributed by atoms with Crippen molar-refractivity contribution < 1.29 is 9.90 Å². The van der Waals surface area contributed by atoms with Gasteiger partial charge in [-0.15, -0.1) is 0 Å². The first-order chi connectivity index (χ1) is 7.80. The van der Waals surface area contributed by atoms with Crippen LogP contribution in [0.25, 0.3) is 0 Å². The minimum absolute atomic E-state index is 0.0479. The molecule has 1 aliphatic rings. The summed E-state index contributed by atoms with van der Waals surface area (Å²) in [6.07, 6.45) is 0.522. The Labute approximate surface area is 104 Å². The number of carboxylic acid groups (broad SMARTS) is 1. The predicted octanol–water partition coefficient (Wildman–Crippen LogP) is 0.0620. The molecule has 1 fully saturated rings. The Bertz CT molecular complexity index is 260. The fourth-order valence-corrected chi connectivity index (χ4v) is 2.36. The second-order valence-electron chi connectivity index (χ2n) is 5.89. The van der Waals surface area contributed by atoms with Gasteiger partial charge < -0.3 is 20.6 Å². The summed E-state index contributed by atoms with van der Waals surface area (Å²) in [7, 11) is 2.13. The third kappa shape index (κ3) is 5.02. The zero-order valence-corrected chi connectivity index (χ0v) is 11.1. The van der Waals surface area contributed by atoms with Crippen LogP contribution in [0.3, 0.4) is 0 Å². The van der Waals surface area contributed by atoms with Crippen LogP contribution >= 0.6 is 0 Å². The summed E-state index contributed by atoms with van der Waals surface area (Å²) in [6.45, 7) is 9.39. The number of hydrogen-bond donors (Lipinski definition) is 2. The van der Waals surface area contributed by atoms with Crippen LogP contribution in [-0.2, 0) is 4.79 Å². The van der Waals surface area contributed by atoms with Crippen LogP contribution in [0.15, 0.2) is 0 Å². The van der Waals surface area contributed by atoms with Crippen molar-refractivity contribution in [1.29, 1.82) is 0 Å². The van der Waals surface area contributed by atoms with Gasteiger partial charge in [0, 0.05) is 32.7 Å². The average molecular weight is 243 g/mol. The van der Waals surface area contributed by atoms with Gasteiger partial charge in [0.25, 0.3) is 0 Å². The molecule has 1 atom stereocenters. The van der Waals surface area contributed by atoms with Gasteiger partial charge in [0.1, 0.15) is 6.04 Å². The van der Waals surface area contributed by atoms with Crippen molar-refractivity contribution in [2.24, 2.45) is 11.1 Å². The van der Waals surface area contributed by atoms with E-state index in [1.165, 1.54) is 0 Å². The van der Waals surface area contributed by atoms with Crippen LogP contribution in [0.1, 0.15) is 20.3 Å². The highest BCUT2D eigenvalue weighted by atomic mass is 16.4. The van der Waals surface area contributed by atoms with E-state index >= 15 is 0 Å².